The van der Waals surface area contributed by atoms with Gasteiger partial charge in [0.1, 0.15) is 0 Å². The summed E-state index contributed by atoms with van der Waals surface area (Å²) in [7, 11) is 0.506. The monoisotopic (exact) mass is 130 g/mol. The lowest BCUT2D eigenvalue weighted by atomic mass is 10.2. The van der Waals surface area contributed by atoms with Gasteiger partial charge in [-0.25, -0.2) is 0 Å². The molecule has 0 saturated heterocycles. The molecule has 0 amide bonds. The molecular formula is C6H14BFN. The molecule has 0 heterocycles. The Labute approximate surface area is 57.3 Å². The van der Waals surface area contributed by atoms with Crippen molar-refractivity contribution in [3.05, 3.63) is 0 Å². The van der Waals surface area contributed by atoms with E-state index in [-0.39, 0.29) is 0 Å². The summed E-state index contributed by atoms with van der Waals surface area (Å²) in [5.74, 6) is 0. The minimum atomic E-state index is 0.506. The van der Waals surface area contributed by atoms with E-state index in [1.54, 1.807) is 0 Å². The maximum absolute atomic E-state index is 11.3. The van der Waals surface area contributed by atoms with Crippen LogP contribution in [0.15, 0.2) is 0 Å². The molecule has 1 radical (unpaired) electrons. The maximum Gasteiger partial charge on any atom is 0.451 e. The second kappa shape index (κ2) is 7.95. The Morgan fingerprint density at radius 3 is 2.67 bits per heavy atom. The van der Waals surface area contributed by atoms with E-state index in [1.807, 2.05) is 0 Å². The first-order valence-corrected chi connectivity index (χ1v) is 3.57. The van der Waals surface area contributed by atoms with Crippen molar-refractivity contribution in [3.63, 3.8) is 0 Å². The Morgan fingerprint density at radius 2 is 2.11 bits per heavy atom. The molecule has 0 fully saturated rings. The summed E-state index contributed by atoms with van der Waals surface area (Å²) in [5, 5.41) is 2.52. The number of halogens is 1. The minimum absolute atomic E-state index is 0.506. The molecule has 0 aliphatic carbocycles. The largest absolute Gasteiger partial charge is 0.451 e. The Balaban J connectivity index is 2.60. The fourth-order valence-electron chi connectivity index (χ4n) is 0.708. The Kier molecular flexibility index (Phi) is 7.92. The van der Waals surface area contributed by atoms with Gasteiger partial charge in [-0.05, 0) is 13.0 Å². The van der Waals surface area contributed by atoms with Gasteiger partial charge in [-0.1, -0.05) is 26.2 Å². The number of unbranched alkanes of at least 4 members (excludes halogenated alkanes) is 3. The fraction of sp³-hybridized carbons (Fsp3) is 1.00. The first-order chi connectivity index (χ1) is 4.41. The van der Waals surface area contributed by atoms with E-state index in [0.29, 0.717) is 7.69 Å². The molecule has 0 atom stereocenters. The summed E-state index contributed by atoms with van der Waals surface area (Å²) in [5.41, 5.74) is 0. The van der Waals surface area contributed by atoms with Crippen molar-refractivity contribution in [3.8, 4) is 0 Å². The predicted molar refractivity (Wildman–Crippen MR) is 39.0 cm³/mol. The molecule has 0 aromatic rings. The molecule has 3 heteroatoms. The molecule has 53 valence electrons. The van der Waals surface area contributed by atoms with E-state index in [1.165, 1.54) is 19.3 Å². The van der Waals surface area contributed by atoms with Gasteiger partial charge in [0.15, 0.2) is 0 Å². The molecule has 0 unspecified atom stereocenters. The second-order valence-corrected chi connectivity index (χ2v) is 2.12. The molecule has 0 rings (SSSR count). The summed E-state index contributed by atoms with van der Waals surface area (Å²) < 4.78 is 11.3. The Hall–Kier alpha value is -0.0451. The van der Waals surface area contributed by atoms with Gasteiger partial charge in [0.2, 0.25) is 0 Å². The van der Waals surface area contributed by atoms with Gasteiger partial charge in [0.05, 0.1) is 0 Å². The Bertz CT molecular complexity index is 46.3. The highest BCUT2D eigenvalue weighted by molar-refractivity contribution is 6.22. The predicted octanol–water partition coefficient (Wildman–Crippen LogP) is 1.66. The fourth-order valence-corrected chi connectivity index (χ4v) is 0.708. The molecule has 1 N–H and O–H groups in total. The van der Waals surface area contributed by atoms with Crippen LogP contribution in [0.4, 0.5) is 4.32 Å². The second-order valence-electron chi connectivity index (χ2n) is 2.12. The third kappa shape index (κ3) is 7.95. The van der Waals surface area contributed by atoms with Crippen molar-refractivity contribution in [2.24, 2.45) is 0 Å². The third-order valence-electron chi connectivity index (χ3n) is 1.25. The molecule has 0 aliphatic heterocycles. The van der Waals surface area contributed by atoms with E-state index >= 15 is 0 Å². The molecule has 0 aromatic carbocycles. The van der Waals surface area contributed by atoms with Crippen LogP contribution >= 0.6 is 0 Å². The van der Waals surface area contributed by atoms with E-state index in [0.717, 1.165) is 13.0 Å². The standard InChI is InChI=1S/C6H14BFN/c1-2-3-4-5-6-9-7-8/h9H,2-6H2,1H3. The summed E-state index contributed by atoms with van der Waals surface area (Å²) in [6.07, 6.45) is 4.78. The number of nitrogens with one attached hydrogen (secondary N) is 1. The highest BCUT2D eigenvalue weighted by atomic mass is 19.1. The summed E-state index contributed by atoms with van der Waals surface area (Å²) in [6, 6.07) is 0. The average molecular weight is 130 g/mol. The van der Waals surface area contributed by atoms with Crippen molar-refractivity contribution >= 4 is 7.69 Å². The van der Waals surface area contributed by atoms with Crippen LogP contribution in [-0.4, -0.2) is 14.2 Å². The van der Waals surface area contributed by atoms with Crippen LogP contribution in [0, 0.1) is 0 Å². The Morgan fingerprint density at radius 1 is 1.33 bits per heavy atom. The van der Waals surface area contributed by atoms with Crippen molar-refractivity contribution in [1.82, 2.24) is 5.23 Å². The van der Waals surface area contributed by atoms with Crippen molar-refractivity contribution < 1.29 is 4.32 Å². The number of hydrogen-bond donors (Lipinski definition) is 1. The lowest BCUT2D eigenvalue weighted by Crippen LogP contribution is -2.16. The smallest absolute Gasteiger partial charge is 0.330 e. The third-order valence-corrected chi connectivity index (χ3v) is 1.25. The van der Waals surface area contributed by atoms with Crippen LogP contribution < -0.4 is 5.23 Å². The van der Waals surface area contributed by atoms with Gasteiger partial charge in [-0.15, -0.1) is 0 Å². The zero-order chi connectivity index (χ0) is 6.95. The van der Waals surface area contributed by atoms with Crippen molar-refractivity contribution in [2.75, 3.05) is 6.54 Å². The van der Waals surface area contributed by atoms with Crippen LogP contribution in [0.5, 0.6) is 0 Å². The zero-order valence-electron chi connectivity index (χ0n) is 5.99. The van der Waals surface area contributed by atoms with E-state index in [9.17, 15) is 4.32 Å². The highest BCUT2D eigenvalue weighted by Gasteiger charge is 1.87. The SMILES string of the molecule is CCCCCCN[B]F. The minimum Gasteiger partial charge on any atom is -0.330 e. The van der Waals surface area contributed by atoms with Crippen LogP contribution in [-0.2, 0) is 0 Å². The quantitative estimate of drug-likeness (QED) is 0.425. The van der Waals surface area contributed by atoms with Crippen LogP contribution in [0.1, 0.15) is 32.6 Å². The summed E-state index contributed by atoms with van der Waals surface area (Å²) in [4.78, 5) is 0. The maximum atomic E-state index is 11.3. The average Bonchev–Trinajstić information content (AvgIpc) is 1.89. The highest BCUT2D eigenvalue weighted by Crippen LogP contribution is 1.96. The lowest BCUT2D eigenvalue weighted by Gasteiger charge is -1.96. The summed E-state index contributed by atoms with van der Waals surface area (Å²) in [6.45, 7) is 2.94. The normalized spacial score (nSPS) is 9.56. The first-order valence-electron chi connectivity index (χ1n) is 3.57. The van der Waals surface area contributed by atoms with E-state index < -0.39 is 0 Å². The van der Waals surface area contributed by atoms with Crippen molar-refractivity contribution in [1.29, 1.82) is 0 Å². The van der Waals surface area contributed by atoms with E-state index in [2.05, 4.69) is 12.2 Å². The van der Waals surface area contributed by atoms with Crippen molar-refractivity contribution in [2.45, 2.75) is 32.6 Å². The molecular weight excluding hydrogens is 116 g/mol. The number of hydrogen-bond acceptors (Lipinski definition) is 1. The van der Waals surface area contributed by atoms with Gasteiger partial charge >= 0.3 is 7.69 Å². The van der Waals surface area contributed by atoms with Crippen LogP contribution in [0.2, 0.25) is 0 Å². The molecule has 0 saturated carbocycles. The number of rotatable bonds is 6. The first kappa shape index (κ1) is 8.95. The van der Waals surface area contributed by atoms with Crippen LogP contribution in [0.25, 0.3) is 0 Å². The molecule has 9 heavy (non-hydrogen) atoms. The zero-order valence-corrected chi connectivity index (χ0v) is 5.99. The topological polar surface area (TPSA) is 12.0 Å². The molecule has 1 nitrogen and oxygen atoms in total. The van der Waals surface area contributed by atoms with Gasteiger partial charge < -0.3 is 9.54 Å². The van der Waals surface area contributed by atoms with Gasteiger partial charge in [0, 0.05) is 0 Å². The summed E-state index contributed by atoms with van der Waals surface area (Å²) >= 11 is 0. The molecule has 0 bridgehead atoms. The van der Waals surface area contributed by atoms with Gasteiger partial charge in [-0.2, -0.15) is 0 Å². The van der Waals surface area contributed by atoms with Crippen LogP contribution in [0.3, 0.4) is 0 Å². The molecule has 0 aliphatic rings. The van der Waals surface area contributed by atoms with E-state index in [4.69, 9.17) is 0 Å². The molecule has 0 aromatic heterocycles. The molecule has 0 spiro atoms. The lowest BCUT2D eigenvalue weighted by molar-refractivity contribution is 0.649. The van der Waals surface area contributed by atoms with Gasteiger partial charge in [-0.3, -0.25) is 0 Å². The van der Waals surface area contributed by atoms with Gasteiger partial charge in [0.25, 0.3) is 0 Å².